The number of benzene rings is 2. The molecule has 0 aliphatic carbocycles. The van der Waals surface area contributed by atoms with Gasteiger partial charge >= 0.3 is 12.4 Å². The molecule has 0 saturated heterocycles. The molecule has 0 bridgehead atoms. The first-order valence-electron chi connectivity index (χ1n) is 9.05. The van der Waals surface area contributed by atoms with Gasteiger partial charge in [-0.25, -0.2) is 13.8 Å². The Hall–Kier alpha value is -3.55. The second-order valence-corrected chi connectivity index (χ2v) is 8.67. The Bertz CT molecular complexity index is 1490. The van der Waals surface area contributed by atoms with E-state index in [0.29, 0.717) is 0 Å². The van der Waals surface area contributed by atoms with Crippen LogP contribution in [0.25, 0.3) is 22.3 Å². The fourth-order valence-corrected chi connectivity index (χ4v) is 4.37. The van der Waals surface area contributed by atoms with Gasteiger partial charge in [0.1, 0.15) is 23.0 Å². The molecule has 0 radical (unpaired) electrons. The number of halogens is 8. The molecule has 4 aromatic rings. The average Bonchev–Trinajstić information content (AvgIpc) is 3.13. The van der Waals surface area contributed by atoms with Gasteiger partial charge in [0.25, 0.3) is 10.0 Å². The predicted octanol–water partition coefficient (Wildman–Crippen LogP) is 5.65. The fourth-order valence-electron chi connectivity index (χ4n) is 3.14. The lowest BCUT2D eigenvalue weighted by Crippen LogP contribution is -2.18. The number of aromatic nitrogens is 3. The summed E-state index contributed by atoms with van der Waals surface area (Å²) >= 11 is 0. The minimum Gasteiger partial charge on any atom is -0.223 e. The van der Waals surface area contributed by atoms with Gasteiger partial charge in [-0.05, 0) is 54.6 Å². The highest BCUT2D eigenvalue weighted by atomic mass is 32.2. The van der Waals surface area contributed by atoms with Crippen molar-refractivity contribution in [3.05, 3.63) is 77.5 Å². The Morgan fingerprint density at radius 2 is 1.29 bits per heavy atom. The Morgan fingerprint density at radius 1 is 0.765 bits per heavy atom. The van der Waals surface area contributed by atoms with Gasteiger partial charge in [0.2, 0.25) is 0 Å². The lowest BCUT2D eigenvalue weighted by molar-refractivity contribution is -0.144. The van der Waals surface area contributed by atoms with Crippen molar-refractivity contribution in [3.8, 4) is 11.3 Å². The van der Waals surface area contributed by atoms with Crippen LogP contribution < -0.4 is 0 Å². The molecule has 178 valence electrons. The third-order valence-electron chi connectivity index (χ3n) is 4.66. The van der Waals surface area contributed by atoms with E-state index in [1.807, 2.05) is 0 Å². The van der Waals surface area contributed by atoms with Gasteiger partial charge in [-0.3, -0.25) is 0 Å². The lowest BCUT2D eigenvalue weighted by atomic mass is 10.0. The summed E-state index contributed by atoms with van der Waals surface area (Å²) < 4.78 is 134. The summed E-state index contributed by atoms with van der Waals surface area (Å²) in [7, 11) is -4.93. The maximum absolute atomic E-state index is 13.8. The predicted molar refractivity (Wildman–Crippen MR) is 102 cm³/mol. The number of alkyl halides is 6. The molecule has 0 saturated carbocycles. The van der Waals surface area contributed by atoms with Crippen LogP contribution in [0.15, 0.2) is 59.5 Å². The topological polar surface area (TPSA) is 64.8 Å². The summed E-state index contributed by atoms with van der Waals surface area (Å²) in [6.45, 7) is 0. The van der Waals surface area contributed by atoms with Crippen LogP contribution in [-0.2, 0) is 22.4 Å². The van der Waals surface area contributed by atoms with Crippen molar-refractivity contribution in [3.63, 3.8) is 0 Å². The summed E-state index contributed by atoms with van der Waals surface area (Å²) in [6.07, 6.45) is -10.7. The third-order valence-corrected chi connectivity index (χ3v) is 6.24. The summed E-state index contributed by atoms with van der Waals surface area (Å²) in [5.74, 6) is -1.62. The molecule has 0 fully saturated rings. The number of fused-ring (bicyclic) bond motifs is 1. The van der Waals surface area contributed by atoms with Crippen LogP contribution in [0.4, 0.5) is 35.1 Å². The molecule has 2 heterocycles. The van der Waals surface area contributed by atoms with Gasteiger partial charge < -0.3 is 0 Å². The Balaban J connectivity index is 2.16. The van der Waals surface area contributed by atoms with Crippen molar-refractivity contribution in [2.45, 2.75) is 17.2 Å². The molecule has 2 aromatic carbocycles. The van der Waals surface area contributed by atoms with Crippen molar-refractivity contribution in [2.75, 3.05) is 0 Å². The smallest absolute Gasteiger partial charge is 0.223 e. The van der Waals surface area contributed by atoms with E-state index in [9.17, 15) is 43.5 Å². The Kier molecular flexibility index (Phi) is 5.38. The van der Waals surface area contributed by atoms with Crippen LogP contribution >= 0.6 is 0 Å². The first kappa shape index (κ1) is 23.6. The molecule has 0 amide bonds. The molecule has 0 aliphatic heterocycles. The molecule has 4 rings (SSSR count). The SMILES string of the molecule is O=S(=O)(c1ccc(F)cc1)n1nc(-c2ccc(F)cc2)c2c(C(F)(F)F)cc(C(F)(F)F)nc21. The summed E-state index contributed by atoms with van der Waals surface area (Å²) in [5, 5.41) is 2.60. The molecule has 34 heavy (non-hydrogen) atoms. The number of hydrogen-bond acceptors (Lipinski definition) is 4. The molecule has 14 heteroatoms. The van der Waals surface area contributed by atoms with E-state index >= 15 is 0 Å². The van der Waals surface area contributed by atoms with E-state index in [1.165, 1.54) is 0 Å². The van der Waals surface area contributed by atoms with Gasteiger partial charge in [-0.1, -0.05) is 0 Å². The highest BCUT2D eigenvalue weighted by molar-refractivity contribution is 7.90. The van der Waals surface area contributed by atoms with Crippen LogP contribution in [0, 0.1) is 11.6 Å². The second kappa shape index (κ2) is 7.75. The molecule has 0 spiro atoms. The van der Waals surface area contributed by atoms with Crippen LogP contribution in [0.2, 0.25) is 0 Å². The first-order chi connectivity index (χ1) is 15.7. The molecule has 2 aromatic heterocycles. The Morgan fingerprint density at radius 3 is 1.79 bits per heavy atom. The van der Waals surface area contributed by atoms with Gasteiger partial charge in [0.05, 0.1) is 15.8 Å². The second-order valence-electron chi connectivity index (χ2n) is 6.91. The van der Waals surface area contributed by atoms with Crippen LogP contribution in [0.1, 0.15) is 11.3 Å². The third kappa shape index (κ3) is 4.08. The quantitative estimate of drug-likeness (QED) is 0.336. The zero-order valence-corrected chi connectivity index (χ0v) is 17.1. The summed E-state index contributed by atoms with van der Waals surface area (Å²) in [4.78, 5) is 2.47. The zero-order valence-electron chi connectivity index (χ0n) is 16.3. The van der Waals surface area contributed by atoms with Crippen LogP contribution in [-0.4, -0.2) is 22.6 Å². The van der Waals surface area contributed by atoms with E-state index in [4.69, 9.17) is 0 Å². The van der Waals surface area contributed by atoms with E-state index < -0.39 is 66.9 Å². The standard InChI is InChI=1S/C20H9F8N3O2S/c21-11-3-1-10(2-4-11)17-16-14(19(23,24)25)9-15(20(26,27)28)29-18(16)31(30-17)34(32,33)13-7-5-12(22)6-8-13/h1-9H. The highest BCUT2D eigenvalue weighted by Crippen LogP contribution is 2.42. The molecular formula is C20H9F8N3O2S. The molecular weight excluding hydrogens is 498 g/mol. The van der Waals surface area contributed by atoms with Crippen molar-refractivity contribution in [2.24, 2.45) is 0 Å². The maximum Gasteiger partial charge on any atom is 0.433 e. The monoisotopic (exact) mass is 507 g/mol. The largest absolute Gasteiger partial charge is 0.433 e. The fraction of sp³-hybridized carbons (Fsp3) is 0.100. The van der Waals surface area contributed by atoms with E-state index in [1.54, 1.807) is 0 Å². The van der Waals surface area contributed by atoms with Crippen molar-refractivity contribution >= 4 is 21.1 Å². The Labute approximate surface area is 185 Å². The van der Waals surface area contributed by atoms with E-state index in [2.05, 4.69) is 10.1 Å². The van der Waals surface area contributed by atoms with Gasteiger partial charge in [0.15, 0.2) is 5.65 Å². The maximum atomic E-state index is 13.8. The molecule has 0 atom stereocenters. The lowest BCUT2D eigenvalue weighted by Gasteiger charge is -2.13. The summed E-state index contributed by atoms with van der Waals surface area (Å²) in [6, 6.07) is 6.37. The molecule has 5 nitrogen and oxygen atoms in total. The molecule has 0 aliphatic rings. The first-order valence-corrected chi connectivity index (χ1v) is 10.5. The molecule has 0 N–H and O–H groups in total. The van der Waals surface area contributed by atoms with Crippen molar-refractivity contribution < 1.29 is 43.5 Å². The number of pyridine rings is 1. The van der Waals surface area contributed by atoms with E-state index in [-0.39, 0.29) is 15.7 Å². The minimum absolute atomic E-state index is 0.0846. The zero-order chi connectivity index (χ0) is 25.1. The van der Waals surface area contributed by atoms with Gasteiger partial charge in [-0.2, -0.15) is 39.9 Å². The van der Waals surface area contributed by atoms with Crippen LogP contribution in [0.3, 0.4) is 0 Å². The average molecular weight is 507 g/mol. The number of hydrogen-bond donors (Lipinski definition) is 0. The highest BCUT2D eigenvalue weighted by Gasteiger charge is 2.42. The number of nitrogens with zero attached hydrogens (tertiary/aromatic N) is 3. The molecule has 0 unspecified atom stereocenters. The van der Waals surface area contributed by atoms with Gasteiger partial charge in [0, 0.05) is 5.56 Å². The summed E-state index contributed by atoms with van der Waals surface area (Å²) in [5.41, 5.74) is -6.02. The van der Waals surface area contributed by atoms with Crippen molar-refractivity contribution in [1.29, 1.82) is 0 Å². The number of rotatable bonds is 3. The normalized spacial score (nSPS) is 12.9. The van der Waals surface area contributed by atoms with Gasteiger partial charge in [-0.15, -0.1) is 4.09 Å². The minimum atomic E-state index is -5.37. The van der Waals surface area contributed by atoms with Crippen LogP contribution in [0.5, 0.6) is 0 Å². The van der Waals surface area contributed by atoms with E-state index in [0.717, 1.165) is 48.5 Å². The van der Waals surface area contributed by atoms with Crippen molar-refractivity contribution in [1.82, 2.24) is 14.2 Å².